The molecule has 1 aromatic carbocycles. The van der Waals surface area contributed by atoms with Gasteiger partial charge >= 0.3 is 5.97 Å². The normalized spacial score (nSPS) is 15.7. The van der Waals surface area contributed by atoms with Crippen molar-refractivity contribution in [3.63, 3.8) is 0 Å². The molecule has 0 unspecified atom stereocenters. The molecular formula is C22H32N2O5Si. The quantitative estimate of drug-likeness (QED) is 0.391. The van der Waals surface area contributed by atoms with E-state index in [-0.39, 0.29) is 19.9 Å². The Hall–Kier alpha value is -2.00. The highest BCUT2D eigenvalue weighted by Gasteiger charge is 2.43. The number of hydrogen-bond donors (Lipinski definition) is 1. The van der Waals surface area contributed by atoms with Gasteiger partial charge in [0.1, 0.15) is 12.6 Å². The van der Waals surface area contributed by atoms with Crippen LogP contribution < -0.4 is 0 Å². The molecule has 0 bridgehead atoms. The number of carbonyl (C=O) groups is 1. The van der Waals surface area contributed by atoms with Crippen molar-refractivity contribution in [2.75, 3.05) is 26.9 Å². The molecule has 0 aliphatic carbocycles. The summed E-state index contributed by atoms with van der Waals surface area (Å²) in [6.45, 7) is 12.2. The second-order valence-electron chi connectivity index (χ2n) is 9.19. The molecule has 30 heavy (non-hydrogen) atoms. The standard InChI is InChI=1S/C22H32N2O5Si/c1-15-7-8-17(20(25)27-3)11-18(15)19-16(2)23-21(22(26)12-29-13-22)24(19)14-28-9-10-30(4,5)6/h7-8,11,26H,9-10,12-14H2,1-6H3. The number of aliphatic hydroxyl groups is 1. The molecule has 8 heteroatoms. The number of rotatable bonds is 8. The lowest BCUT2D eigenvalue weighted by Gasteiger charge is -2.36. The molecule has 1 aliphatic rings. The van der Waals surface area contributed by atoms with Gasteiger partial charge in [0.05, 0.1) is 37.3 Å². The van der Waals surface area contributed by atoms with Crippen molar-refractivity contribution in [2.45, 2.75) is 51.9 Å². The summed E-state index contributed by atoms with van der Waals surface area (Å²) in [6.07, 6.45) is 0. The molecule has 0 saturated carbocycles. The summed E-state index contributed by atoms with van der Waals surface area (Å²) in [4.78, 5) is 16.8. The van der Waals surface area contributed by atoms with E-state index in [1.54, 1.807) is 6.07 Å². The highest BCUT2D eigenvalue weighted by Crippen LogP contribution is 2.35. The lowest BCUT2D eigenvalue weighted by molar-refractivity contribution is -0.191. The number of carbonyl (C=O) groups excluding carboxylic acids is 1. The van der Waals surface area contributed by atoms with E-state index in [0.29, 0.717) is 18.0 Å². The van der Waals surface area contributed by atoms with Crippen molar-refractivity contribution in [3.8, 4) is 11.3 Å². The third kappa shape index (κ3) is 4.67. The lowest BCUT2D eigenvalue weighted by Crippen LogP contribution is -2.48. The molecule has 1 saturated heterocycles. The van der Waals surface area contributed by atoms with Crippen LogP contribution in [0.4, 0.5) is 0 Å². The predicted molar refractivity (Wildman–Crippen MR) is 117 cm³/mol. The van der Waals surface area contributed by atoms with Gasteiger partial charge in [-0.3, -0.25) is 0 Å². The van der Waals surface area contributed by atoms with Crippen LogP contribution in [0.25, 0.3) is 11.3 Å². The van der Waals surface area contributed by atoms with Crippen LogP contribution in [0, 0.1) is 13.8 Å². The Balaban J connectivity index is 2.03. The van der Waals surface area contributed by atoms with E-state index in [4.69, 9.17) is 14.2 Å². The topological polar surface area (TPSA) is 82.8 Å². The first-order valence-corrected chi connectivity index (χ1v) is 13.9. The van der Waals surface area contributed by atoms with Crippen LogP contribution in [0.15, 0.2) is 18.2 Å². The largest absolute Gasteiger partial charge is 0.465 e. The second kappa shape index (κ2) is 8.62. The molecule has 3 rings (SSSR count). The number of esters is 1. The summed E-state index contributed by atoms with van der Waals surface area (Å²) in [5, 5.41) is 11.0. The van der Waals surface area contributed by atoms with E-state index < -0.39 is 19.6 Å². The van der Waals surface area contributed by atoms with Gasteiger partial charge in [0.25, 0.3) is 0 Å². The van der Waals surface area contributed by atoms with Crippen LogP contribution in [0.3, 0.4) is 0 Å². The van der Waals surface area contributed by atoms with Crippen molar-refractivity contribution in [3.05, 3.63) is 40.8 Å². The fourth-order valence-electron chi connectivity index (χ4n) is 3.48. The zero-order valence-corrected chi connectivity index (χ0v) is 19.7. The van der Waals surface area contributed by atoms with E-state index in [1.807, 2.05) is 30.5 Å². The number of imidazole rings is 1. The van der Waals surface area contributed by atoms with Crippen LogP contribution in [0.2, 0.25) is 25.7 Å². The fraction of sp³-hybridized carbons (Fsp3) is 0.545. The number of hydrogen-bond acceptors (Lipinski definition) is 6. The number of methoxy groups -OCH3 is 1. The Labute approximate surface area is 179 Å². The predicted octanol–water partition coefficient (Wildman–Crippen LogP) is 3.48. The average Bonchev–Trinajstić information content (AvgIpc) is 2.98. The average molecular weight is 433 g/mol. The number of aryl methyl sites for hydroxylation is 2. The van der Waals surface area contributed by atoms with Gasteiger partial charge in [-0.1, -0.05) is 25.7 Å². The zero-order chi connectivity index (χ0) is 22.1. The summed E-state index contributed by atoms with van der Waals surface area (Å²) in [5.74, 6) is 0.148. The first-order valence-electron chi connectivity index (χ1n) is 10.2. The molecule has 1 fully saturated rings. The van der Waals surface area contributed by atoms with Gasteiger partial charge in [0.2, 0.25) is 0 Å². The minimum Gasteiger partial charge on any atom is -0.465 e. The van der Waals surface area contributed by atoms with Gasteiger partial charge in [0, 0.05) is 20.2 Å². The lowest BCUT2D eigenvalue weighted by atomic mass is 10.00. The summed E-state index contributed by atoms with van der Waals surface area (Å²) >= 11 is 0. The Bertz CT molecular complexity index is 928. The van der Waals surface area contributed by atoms with Crippen LogP contribution >= 0.6 is 0 Å². The maximum atomic E-state index is 12.1. The highest BCUT2D eigenvalue weighted by molar-refractivity contribution is 6.76. The minimum atomic E-state index is -1.22. The zero-order valence-electron chi connectivity index (χ0n) is 18.7. The van der Waals surface area contributed by atoms with E-state index in [2.05, 4.69) is 24.6 Å². The first-order chi connectivity index (χ1) is 14.1. The molecule has 2 heterocycles. The van der Waals surface area contributed by atoms with Crippen LogP contribution in [0.5, 0.6) is 0 Å². The van der Waals surface area contributed by atoms with Gasteiger partial charge in [0.15, 0.2) is 5.60 Å². The molecule has 1 aliphatic heterocycles. The molecule has 7 nitrogen and oxygen atoms in total. The first kappa shape index (κ1) is 22.7. The molecule has 0 radical (unpaired) electrons. The van der Waals surface area contributed by atoms with Crippen LogP contribution in [-0.4, -0.2) is 55.6 Å². The number of aromatic nitrogens is 2. The fourth-order valence-corrected chi connectivity index (χ4v) is 4.23. The van der Waals surface area contributed by atoms with E-state index >= 15 is 0 Å². The van der Waals surface area contributed by atoms with Crippen LogP contribution in [-0.2, 0) is 26.5 Å². The SMILES string of the molecule is COC(=O)c1ccc(C)c(-c2c(C)nc(C3(O)COC3)n2COCC[Si](C)(C)C)c1. The Morgan fingerprint density at radius 3 is 2.57 bits per heavy atom. The molecule has 0 atom stereocenters. The number of nitrogens with zero attached hydrogens (tertiary/aromatic N) is 2. The maximum absolute atomic E-state index is 12.1. The van der Waals surface area contributed by atoms with Gasteiger partial charge < -0.3 is 23.9 Å². The molecule has 164 valence electrons. The van der Waals surface area contributed by atoms with Crippen LogP contribution in [0.1, 0.15) is 27.4 Å². The van der Waals surface area contributed by atoms with Gasteiger partial charge in [-0.2, -0.15) is 0 Å². The van der Waals surface area contributed by atoms with Crippen molar-refractivity contribution >= 4 is 14.0 Å². The third-order valence-electron chi connectivity index (χ3n) is 5.37. The molecule has 0 amide bonds. The molecule has 1 aromatic heterocycles. The summed E-state index contributed by atoms with van der Waals surface area (Å²) in [7, 11) is 0.151. The highest BCUT2D eigenvalue weighted by atomic mass is 28.3. The minimum absolute atomic E-state index is 0.207. The van der Waals surface area contributed by atoms with E-state index in [0.717, 1.165) is 28.6 Å². The molecular weight excluding hydrogens is 400 g/mol. The Morgan fingerprint density at radius 2 is 2.00 bits per heavy atom. The smallest absolute Gasteiger partial charge is 0.337 e. The third-order valence-corrected chi connectivity index (χ3v) is 7.07. The number of benzene rings is 1. The van der Waals surface area contributed by atoms with Gasteiger partial charge in [-0.15, -0.1) is 0 Å². The van der Waals surface area contributed by atoms with Crippen molar-refractivity contribution in [1.82, 2.24) is 9.55 Å². The second-order valence-corrected chi connectivity index (χ2v) is 14.8. The van der Waals surface area contributed by atoms with E-state index in [9.17, 15) is 9.90 Å². The number of ether oxygens (including phenoxy) is 3. The monoisotopic (exact) mass is 432 g/mol. The van der Waals surface area contributed by atoms with Gasteiger partial charge in [-0.05, 0) is 37.6 Å². The maximum Gasteiger partial charge on any atom is 0.337 e. The summed E-state index contributed by atoms with van der Waals surface area (Å²) in [6, 6.07) is 6.51. The van der Waals surface area contributed by atoms with E-state index in [1.165, 1.54) is 7.11 Å². The molecule has 1 N–H and O–H groups in total. The van der Waals surface area contributed by atoms with Crippen molar-refractivity contribution in [1.29, 1.82) is 0 Å². The van der Waals surface area contributed by atoms with Gasteiger partial charge in [-0.25, -0.2) is 9.78 Å². The molecule has 0 spiro atoms. The Kier molecular flexibility index (Phi) is 6.52. The van der Waals surface area contributed by atoms with Crippen molar-refractivity contribution < 1.29 is 24.1 Å². The summed E-state index contributed by atoms with van der Waals surface area (Å²) in [5.41, 5.74) is 2.81. The van der Waals surface area contributed by atoms with Crippen molar-refractivity contribution in [2.24, 2.45) is 0 Å². The summed E-state index contributed by atoms with van der Waals surface area (Å²) < 4.78 is 18.1. The molecule has 2 aromatic rings. The Morgan fingerprint density at radius 1 is 1.30 bits per heavy atom.